The van der Waals surface area contributed by atoms with Crippen LogP contribution in [0, 0.1) is 0 Å². The average Bonchev–Trinajstić information content (AvgIpc) is 3.31. The van der Waals surface area contributed by atoms with Gasteiger partial charge in [0.2, 0.25) is 5.13 Å². The molecule has 0 unspecified atom stereocenters. The summed E-state index contributed by atoms with van der Waals surface area (Å²) in [4.78, 5) is 13.2. The number of nitrogens with zero attached hydrogens (tertiary/aromatic N) is 5. The summed E-state index contributed by atoms with van der Waals surface area (Å²) in [5.74, 6) is 0. The van der Waals surface area contributed by atoms with Gasteiger partial charge in [-0.1, -0.05) is 71.5 Å². The molecule has 0 atom stereocenters. The van der Waals surface area contributed by atoms with E-state index in [-0.39, 0.29) is 0 Å². The molecule has 2 aromatic heterocycles. The molecular weight excluding hydrogens is 354 g/mol. The summed E-state index contributed by atoms with van der Waals surface area (Å²) in [6, 6.07) is 17.5. The summed E-state index contributed by atoms with van der Waals surface area (Å²) < 4.78 is 1.70. The Balaban J connectivity index is 1.76. The van der Waals surface area contributed by atoms with Crippen LogP contribution in [0.4, 0.5) is 5.13 Å². The number of rotatable bonds is 4. The van der Waals surface area contributed by atoms with Gasteiger partial charge in [-0.2, -0.15) is 5.10 Å². The molecule has 0 bridgehead atoms. The van der Waals surface area contributed by atoms with Gasteiger partial charge in [0.05, 0.1) is 0 Å². The molecule has 0 radical (unpaired) electrons. The molecule has 0 N–H and O–H groups in total. The second kappa shape index (κ2) is 6.96. The third-order valence-corrected chi connectivity index (χ3v) is 4.79. The Kier molecular flexibility index (Phi) is 4.37. The predicted molar refractivity (Wildman–Crippen MR) is 101 cm³/mol. The summed E-state index contributed by atoms with van der Waals surface area (Å²) in [5.41, 5.74) is 2.67. The van der Waals surface area contributed by atoms with Crippen molar-refractivity contribution in [1.29, 1.82) is 0 Å². The molecule has 0 aliphatic carbocycles. The Morgan fingerprint density at radius 2 is 1.84 bits per heavy atom. The monoisotopic (exact) mass is 365 g/mol. The molecule has 0 aliphatic rings. The quantitative estimate of drug-likeness (QED) is 0.488. The van der Waals surface area contributed by atoms with Gasteiger partial charge in [-0.3, -0.25) is 0 Å². The summed E-state index contributed by atoms with van der Waals surface area (Å²) in [7, 11) is 0. The fraction of sp³-hybridized carbons (Fsp3) is 0. The molecular formula is C18H12ClN5S. The zero-order valence-corrected chi connectivity index (χ0v) is 14.5. The van der Waals surface area contributed by atoms with Crippen LogP contribution in [0.15, 0.2) is 72.2 Å². The number of benzene rings is 2. The van der Waals surface area contributed by atoms with Crippen molar-refractivity contribution in [3.05, 3.63) is 77.8 Å². The molecule has 0 fully saturated rings. The summed E-state index contributed by atoms with van der Waals surface area (Å²) in [6.07, 6.45) is 4.88. The lowest BCUT2D eigenvalue weighted by Gasteiger charge is -2.00. The highest BCUT2D eigenvalue weighted by Gasteiger charge is 2.15. The minimum Gasteiger partial charge on any atom is -0.227 e. The maximum atomic E-state index is 6.17. The van der Waals surface area contributed by atoms with Crippen LogP contribution >= 0.6 is 22.9 Å². The molecule has 0 saturated carbocycles. The van der Waals surface area contributed by atoms with Crippen LogP contribution in [0.25, 0.3) is 16.3 Å². The van der Waals surface area contributed by atoms with Crippen molar-refractivity contribution < 1.29 is 0 Å². The Morgan fingerprint density at radius 1 is 1.04 bits per heavy atom. The number of hydrogen-bond acceptors (Lipinski definition) is 5. The Morgan fingerprint density at radius 3 is 2.60 bits per heavy atom. The molecule has 0 saturated heterocycles. The van der Waals surface area contributed by atoms with Crippen molar-refractivity contribution in [3.63, 3.8) is 0 Å². The molecule has 7 heteroatoms. The van der Waals surface area contributed by atoms with Crippen molar-refractivity contribution in [3.8, 4) is 16.3 Å². The molecule has 0 aliphatic heterocycles. The first-order chi connectivity index (χ1) is 12.3. The van der Waals surface area contributed by atoms with E-state index in [0.29, 0.717) is 10.2 Å². The second-order valence-corrected chi connectivity index (χ2v) is 6.50. The first kappa shape index (κ1) is 15.7. The van der Waals surface area contributed by atoms with E-state index in [2.05, 4.69) is 20.1 Å². The van der Waals surface area contributed by atoms with Gasteiger partial charge < -0.3 is 0 Å². The molecule has 0 spiro atoms. The maximum absolute atomic E-state index is 6.17. The zero-order chi connectivity index (χ0) is 17.1. The van der Waals surface area contributed by atoms with E-state index in [1.807, 2.05) is 54.6 Å². The highest BCUT2D eigenvalue weighted by atomic mass is 35.5. The molecule has 2 heterocycles. The van der Waals surface area contributed by atoms with Crippen LogP contribution < -0.4 is 0 Å². The van der Waals surface area contributed by atoms with Gasteiger partial charge in [-0.15, -0.1) is 0 Å². The standard InChI is InChI=1S/C18H12ClN5S/c19-15-9-5-4-8-14(15)10-21-18-23-16(13-6-2-1-3-7-13)17(25-18)24-12-20-11-22-24/h1-12H. The SMILES string of the molecule is Clc1ccccc1C=Nc1nc(-c2ccccc2)c(-n2cncn2)s1. The third-order valence-electron chi connectivity index (χ3n) is 3.49. The second-order valence-electron chi connectivity index (χ2n) is 5.14. The van der Waals surface area contributed by atoms with Crippen molar-refractivity contribution >= 4 is 34.3 Å². The fourth-order valence-electron chi connectivity index (χ4n) is 2.31. The van der Waals surface area contributed by atoms with Crippen LogP contribution in [-0.2, 0) is 0 Å². The number of halogens is 1. The Bertz CT molecular complexity index is 1010. The first-order valence-electron chi connectivity index (χ1n) is 7.51. The van der Waals surface area contributed by atoms with Crippen molar-refractivity contribution in [2.75, 3.05) is 0 Å². The normalized spacial score (nSPS) is 11.2. The van der Waals surface area contributed by atoms with E-state index >= 15 is 0 Å². The molecule has 0 amide bonds. The van der Waals surface area contributed by atoms with Crippen LogP contribution in [0.5, 0.6) is 0 Å². The van der Waals surface area contributed by atoms with E-state index in [9.17, 15) is 0 Å². The predicted octanol–water partition coefficient (Wildman–Crippen LogP) is 4.79. The van der Waals surface area contributed by atoms with Gasteiger partial charge in [-0.05, 0) is 6.07 Å². The highest BCUT2D eigenvalue weighted by molar-refractivity contribution is 7.18. The third kappa shape index (κ3) is 3.35. The summed E-state index contributed by atoms with van der Waals surface area (Å²) in [5, 5.41) is 6.38. The van der Waals surface area contributed by atoms with Gasteiger partial charge in [0.25, 0.3) is 0 Å². The minimum absolute atomic E-state index is 0.629. The maximum Gasteiger partial charge on any atom is 0.211 e. The molecule has 4 rings (SSSR count). The summed E-state index contributed by atoms with van der Waals surface area (Å²) >= 11 is 7.62. The summed E-state index contributed by atoms with van der Waals surface area (Å²) in [6.45, 7) is 0. The average molecular weight is 366 g/mol. The van der Waals surface area contributed by atoms with E-state index in [4.69, 9.17) is 11.6 Å². The van der Waals surface area contributed by atoms with Gasteiger partial charge in [0, 0.05) is 22.4 Å². The van der Waals surface area contributed by atoms with Crippen molar-refractivity contribution in [1.82, 2.24) is 19.7 Å². The first-order valence-corrected chi connectivity index (χ1v) is 8.70. The van der Waals surface area contributed by atoms with Gasteiger partial charge in [0.15, 0.2) is 0 Å². The highest BCUT2D eigenvalue weighted by Crippen LogP contribution is 2.35. The number of hydrogen-bond donors (Lipinski definition) is 0. The Hall–Kier alpha value is -2.83. The zero-order valence-electron chi connectivity index (χ0n) is 13.0. The molecule has 25 heavy (non-hydrogen) atoms. The largest absolute Gasteiger partial charge is 0.227 e. The van der Waals surface area contributed by atoms with Crippen LogP contribution in [0.1, 0.15) is 5.56 Å². The molecule has 5 nitrogen and oxygen atoms in total. The number of aromatic nitrogens is 4. The van der Waals surface area contributed by atoms with E-state index in [0.717, 1.165) is 21.8 Å². The van der Waals surface area contributed by atoms with Crippen molar-refractivity contribution in [2.45, 2.75) is 0 Å². The lowest BCUT2D eigenvalue weighted by atomic mass is 10.2. The lowest BCUT2D eigenvalue weighted by Crippen LogP contribution is -1.93. The minimum atomic E-state index is 0.629. The molecule has 2 aromatic carbocycles. The van der Waals surface area contributed by atoms with E-state index in [1.54, 1.807) is 17.2 Å². The smallest absolute Gasteiger partial charge is 0.211 e. The van der Waals surface area contributed by atoms with Crippen LogP contribution in [0.3, 0.4) is 0 Å². The van der Waals surface area contributed by atoms with Crippen LogP contribution in [0.2, 0.25) is 5.02 Å². The lowest BCUT2D eigenvalue weighted by molar-refractivity contribution is 0.895. The number of thiazole rings is 1. The molecule has 122 valence electrons. The number of aliphatic imine (C=N–C) groups is 1. The topological polar surface area (TPSA) is 56.0 Å². The fourth-order valence-corrected chi connectivity index (χ4v) is 3.36. The van der Waals surface area contributed by atoms with E-state index < -0.39 is 0 Å². The van der Waals surface area contributed by atoms with E-state index in [1.165, 1.54) is 17.7 Å². The van der Waals surface area contributed by atoms with Gasteiger partial charge >= 0.3 is 0 Å². The Labute approximate surface area is 153 Å². The van der Waals surface area contributed by atoms with Crippen LogP contribution in [-0.4, -0.2) is 26.0 Å². The van der Waals surface area contributed by atoms with Gasteiger partial charge in [0.1, 0.15) is 23.3 Å². The molecule has 4 aromatic rings. The van der Waals surface area contributed by atoms with Crippen molar-refractivity contribution in [2.24, 2.45) is 4.99 Å². The van der Waals surface area contributed by atoms with Gasteiger partial charge in [-0.25, -0.2) is 19.6 Å².